The van der Waals surface area contributed by atoms with Crippen LogP contribution in [0.1, 0.15) is 15.9 Å². The van der Waals surface area contributed by atoms with E-state index < -0.39 is 5.97 Å². The van der Waals surface area contributed by atoms with Crippen molar-refractivity contribution in [1.82, 2.24) is 5.09 Å². The maximum Gasteiger partial charge on any atom is 0.335 e. The van der Waals surface area contributed by atoms with Gasteiger partial charge >= 0.3 is 5.97 Å². The lowest BCUT2D eigenvalue weighted by atomic mass is 10.1. The Hall–Kier alpha value is -0.570. The van der Waals surface area contributed by atoms with Crippen LogP contribution in [0.4, 0.5) is 0 Å². The topological polar surface area (TPSA) is 49.3 Å². The zero-order chi connectivity index (χ0) is 9.84. The Labute approximate surface area is 84.2 Å². The molecular formula is C8H10NO2PS. The van der Waals surface area contributed by atoms with Crippen molar-refractivity contribution in [3.8, 4) is 0 Å². The Kier molecular flexibility index (Phi) is 3.72. The van der Waals surface area contributed by atoms with Crippen LogP contribution in [0.5, 0.6) is 0 Å². The van der Waals surface area contributed by atoms with Gasteiger partial charge < -0.3 is 5.11 Å². The van der Waals surface area contributed by atoms with Gasteiger partial charge in [0, 0.05) is 11.4 Å². The number of carboxylic acids is 1. The molecule has 0 bridgehead atoms. The summed E-state index contributed by atoms with van der Waals surface area (Å²) in [4.78, 5) is 11.4. The van der Waals surface area contributed by atoms with E-state index in [1.807, 2.05) is 0 Å². The number of carbonyl (C=O) groups is 1. The zero-order valence-electron chi connectivity index (χ0n) is 6.82. The van der Waals surface area contributed by atoms with Crippen LogP contribution in [0.3, 0.4) is 0 Å². The number of hydrogen-bond acceptors (Lipinski definition) is 3. The minimum absolute atomic E-state index is 0.285. The molecule has 0 spiro atoms. The van der Waals surface area contributed by atoms with E-state index in [1.165, 1.54) is 6.07 Å². The van der Waals surface area contributed by atoms with Crippen molar-refractivity contribution in [2.45, 2.75) is 11.4 Å². The van der Waals surface area contributed by atoms with E-state index in [0.717, 1.165) is 10.5 Å². The van der Waals surface area contributed by atoms with Crippen LogP contribution in [0.25, 0.3) is 0 Å². The third kappa shape index (κ3) is 2.69. The highest BCUT2D eigenvalue weighted by atomic mass is 32.1. The molecule has 0 aliphatic carbocycles. The summed E-state index contributed by atoms with van der Waals surface area (Å²) in [5.41, 5.74) is 1.16. The van der Waals surface area contributed by atoms with Gasteiger partial charge in [0.1, 0.15) is 0 Å². The van der Waals surface area contributed by atoms with Crippen LogP contribution in [0, 0.1) is 0 Å². The summed E-state index contributed by atoms with van der Waals surface area (Å²) in [7, 11) is 2.36. The lowest BCUT2D eigenvalue weighted by molar-refractivity contribution is 0.0696. The molecule has 0 heterocycles. The van der Waals surface area contributed by atoms with E-state index in [1.54, 1.807) is 12.1 Å². The summed E-state index contributed by atoms with van der Waals surface area (Å²) < 4.78 is 0. The first-order chi connectivity index (χ1) is 6.15. The van der Waals surface area contributed by atoms with Crippen LogP contribution in [-0.2, 0) is 6.54 Å². The Morgan fingerprint density at radius 1 is 1.62 bits per heavy atom. The number of aromatic carboxylic acids is 1. The van der Waals surface area contributed by atoms with Crippen molar-refractivity contribution in [3.05, 3.63) is 29.3 Å². The van der Waals surface area contributed by atoms with Crippen LogP contribution >= 0.6 is 22.0 Å². The van der Waals surface area contributed by atoms with Gasteiger partial charge in [0.2, 0.25) is 0 Å². The molecule has 1 aromatic carbocycles. The molecule has 0 fully saturated rings. The van der Waals surface area contributed by atoms with Crippen LogP contribution in [0.15, 0.2) is 23.1 Å². The van der Waals surface area contributed by atoms with Gasteiger partial charge in [0.15, 0.2) is 0 Å². The molecular weight excluding hydrogens is 205 g/mol. The number of hydrogen-bond donors (Lipinski definition) is 3. The average molecular weight is 215 g/mol. The van der Waals surface area contributed by atoms with Crippen LogP contribution in [0.2, 0.25) is 0 Å². The average Bonchev–Trinajstić information content (AvgIpc) is 2.08. The van der Waals surface area contributed by atoms with Gasteiger partial charge in [0.05, 0.1) is 5.56 Å². The van der Waals surface area contributed by atoms with E-state index in [2.05, 4.69) is 27.1 Å². The molecule has 1 unspecified atom stereocenters. The summed E-state index contributed by atoms with van der Waals surface area (Å²) >= 11 is 4.21. The summed E-state index contributed by atoms with van der Waals surface area (Å²) in [5, 5.41) is 11.6. The molecule has 0 aromatic heterocycles. The second-order valence-electron chi connectivity index (χ2n) is 2.53. The van der Waals surface area contributed by atoms with Crippen LogP contribution < -0.4 is 5.09 Å². The Morgan fingerprint density at radius 2 is 2.31 bits per heavy atom. The Morgan fingerprint density at radius 3 is 2.85 bits per heavy atom. The largest absolute Gasteiger partial charge is 0.478 e. The lowest BCUT2D eigenvalue weighted by Crippen LogP contribution is -2.02. The van der Waals surface area contributed by atoms with Crippen molar-refractivity contribution in [2.75, 3.05) is 0 Å². The number of thiol groups is 1. The Bertz CT molecular complexity index is 330. The predicted molar refractivity (Wildman–Crippen MR) is 57.2 cm³/mol. The number of benzene rings is 1. The fourth-order valence-corrected chi connectivity index (χ4v) is 1.41. The summed E-state index contributed by atoms with van der Waals surface area (Å²) in [6, 6.07) is 4.84. The van der Waals surface area contributed by atoms with Gasteiger partial charge in [-0.15, -0.1) is 12.6 Å². The highest BCUT2D eigenvalue weighted by Crippen LogP contribution is 2.16. The molecule has 70 valence electrons. The molecule has 0 saturated carbocycles. The SMILES string of the molecule is O=C(O)c1ccc(S)c(CNP)c1. The third-order valence-corrected chi connectivity index (χ3v) is 2.26. The molecule has 0 radical (unpaired) electrons. The van der Waals surface area contributed by atoms with Crippen molar-refractivity contribution in [3.63, 3.8) is 0 Å². The minimum Gasteiger partial charge on any atom is -0.478 e. The normalized spacial score (nSPS) is 10.0. The fourth-order valence-electron chi connectivity index (χ4n) is 0.970. The lowest BCUT2D eigenvalue weighted by Gasteiger charge is -2.04. The first kappa shape index (κ1) is 10.5. The maximum atomic E-state index is 10.6. The Balaban J connectivity index is 3.03. The first-order valence-electron chi connectivity index (χ1n) is 3.64. The van der Waals surface area contributed by atoms with E-state index in [0.29, 0.717) is 6.54 Å². The zero-order valence-corrected chi connectivity index (χ0v) is 8.87. The maximum absolute atomic E-state index is 10.6. The van der Waals surface area contributed by atoms with E-state index in [9.17, 15) is 4.79 Å². The second-order valence-corrected chi connectivity index (χ2v) is 3.42. The first-order valence-corrected chi connectivity index (χ1v) is 4.66. The molecule has 0 aliphatic rings. The minimum atomic E-state index is -0.918. The quantitative estimate of drug-likeness (QED) is 0.529. The van der Waals surface area contributed by atoms with Gasteiger partial charge in [-0.05, 0) is 23.8 Å². The molecule has 0 amide bonds. The number of rotatable bonds is 3. The summed E-state index contributed by atoms with van der Waals surface area (Å²) in [6.07, 6.45) is 0. The molecule has 13 heavy (non-hydrogen) atoms. The number of carboxylic acid groups (broad SMARTS) is 1. The van der Waals surface area contributed by atoms with Crippen LogP contribution in [-0.4, -0.2) is 11.1 Å². The molecule has 1 rings (SSSR count). The molecule has 2 N–H and O–H groups in total. The van der Waals surface area contributed by atoms with Crippen molar-refractivity contribution in [1.29, 1.82) is 0 Å². The van der Waals surface area contributed by atoms with Crippen molar-refractivity contribution in [2.24, 2.45) is 0 Å². The van der Waals surface area contributed by atoms with E-state index >= 15 is 0 Å². The third-order valence-electron chi connectivity index (χ3n) is 1.62. The highest BCUT2D eigenvalue weighted by molar-refractivity contribution is 7.80. The molecule has 0 aliphatic heterocycles. The van der Waals surface area contributed by atoms with Gasteiger partial charge in [-0.1, -0.05) is 9.39 Å². The highest BCUT2D eigenvalue weighted by Gasteiger charge is 2.05. The van der Waals surface area contributed by atoms with Crippen molar-refractivity contribution >= 4 is 28.0 Å². The molecule has 0 saturated heterocycles. The van der Waals surface area contributed by atoms with Gasteiger partial charge in [-0.2, -0.15) is 0 Å². The summed E-state index contributed by atoms with van der Waals surface area (Å²) in [6.45, 7) is 0.588. The molecule has 1 aromatic rings. The second kappa shape index (κ2) is 4.61. The fraction of sp³-hybridized carbons (Fsp3) is 0.125. The number of nitrogens with one attached hydrogen (secondary N) is 1. The van der Waals surface area contributed by atoms with Crippen molar-refractivity contribution < 1.29 is 9.90 Å². The molecule has 1 atom stereocenters. The monoisotopic (exact) mass is 215 g/mol. The standard InChI is InChI=1S/C8H10NO2PS/c10-8(11)5-1-2-7(13)6(3-5)4-9-12/h1-3,9,13H,4,12H2,(H,10,11). The van der Waals surface area contributed by atoms with E-state index in [-0.39, 0.29) is 5.56 Å². The predicted octanol–water partition coefficient (Wildman–Crippen LogP) is 1.55. The van der Waals surface area contributed by atoms with Gasteiger partial charge in [0.25, 0.3) is 0 Å². The smallest absolute Gasteiger partial charge is 0.335 e. The molecule has 3 nitrogen and oxygen atoms in total. The van der Waals surface area contributed by atoms with Gasteiger partial charge in [-0.3, -0.25) is 5.09 Å². The molecule has 5 heteroatoms. The summed E-state index contributed by atoms with van der Waals surface area (Å²) in [5.74, 6) is -0.918. The van der Waals surface area contributed by atoms with Gasteiger partial charge in [-0.25, -0.2) is 4.79 Å². The van der Waals surface area contributed by atoms with E-state index in [4.69, 9.17) is 5.11 Å².